The standard InChI is InChI=1S/C19H17N3O5/c1-26-13-9-7-12(8-10-13)22-18(24)14(17(23)21-19(22)25)11-20-15-5-3-4-6-16(15)27-2/h3-11,14H,1-2H3,(H,21,23,25)/t14-/m1/s1. The topological polar surface area (TPSA) is 97.3 Å². The molecule has 8 heteroatoms. The lowest BCUT2D eigenvalue weighted by Gasteiger charge is -2.28. The Hall–Kier alpha value is -3.68. The van der Waals surface area contributed by atoms with E-state index in [2.05, 4.69) is 10.3 Å². The lowest BCUT2D eigenvalue weighted by molar-refractivity contribution is -0.131. The molecule has 0 aromatic heterocycles. The smallest absolute Gasteiger partial charge is 0.335 e. The van der Waals surface area contributed by atoms with Crippen LogP contribution in [0.15, 0.2) is 53.5 Å². The van der Waals surface area contributed by atoms with Crippen LogP contribution in [-0.4, -0.2) is 38.3 Å². The van der Waals surface area contributed by atoms with Crippen LogP contribution in [0.1, 0.15) is 0 Å². The minimum Gasteiger partial charge on any atom is -0.497 e. The van der Waals surface area contributed by atoms with Crippen LogP contribution in [0.5, 0.6) is 11.5 Å². The van der Waals surface area contributed by atoms with Gasteiger partial charge < -0.3 is 9.47 Å². The van der Waals surface area contributed by atoms with Gasteiger partial charge in [0.2, 0.25) is 5.91 Å². The van der Waals surface area contributed by atoms with Crippen LogP contribution in [0.4, 0.5) is 16.2 Å². The highest BCUT2D eigenvalue weighted by Gasteiger charge is 2.40. The van der Waals surface area contributed by atoms with Crippen molar-refractivity contribution in [2.24, 2.45) is 10.9 Å². The van der Waals surface area contributed by atoms with E-state index in [4.69, 9.17) is 9.47 Å². The van der Waals surface area contributed by atoms with Crippen molar-refractivity contribution in [1.82, 2.24) is 5.32 Å². The first-order valence-corrected chi connectivity index (χ1v) is 8.05. The number of ether oxygens (including phenoxy) is 2. The summed E-state index contributed by atoms with van der Waals surface area (Å²) in [6.07, 6.45) is 1.21. The van der Waals surface area contributed by atoms with Gasteiger partial charge in [0, 0.05) is 6.21 Å². The number of hydrogen-bond acceptors (Lipinski definition) is 6. The van der Waals surface area contributed by atoms with E-state index in [1.807, 2.05) is 0 Å². The van der Waals surface area contributed by atoms with Gasteiger partial charge in [0.15, 0.2) is 5.92 Å². The Morgan fingerprint density at radius 2 is 1.70 bits per heavy atom. The third kappa shape index (κ3) is 3.64. The Morgan fingerprint density at radius 1 is 1.00 bits per heavy atom. The normalized spacial score (nSPS) is 17.2. The SMILES string of the molecule is COc1ccc(N2C(=O)NC(=O)[C@@H](C=Nc3ccccc3OC)C2=O)cc1. The van der Waals surface area contributed by atoms with E-state index in [0.717, 1.165) is 4.90 Å². The molecule has 2 aromatic carbocycles. The second-order valence-electron chi connectivity index (χ2n) is 5.59. The maximum absolute atomic E-state index is 12.8. The number of rotatable bonds is 5. The number of nitrogens with one attached hydrogen (secondary N) is 1. The number of para-hydroxylation sites is 2. The molecule has 1 atom stereocenters. The fourth-order valence-corrected chi connectivity index (χ4v) is 2.59. The summed E-state index contributed by atoms with van der Waals surface area (Å²) in [5, 5.41) is 2.18. The summed E-state index contributed by atoms with van der Waals surface area (Å²) in [5.74, 6) is -1.58. The number of carbonyl (C=O) groups is 3. The molecule has 0 unspecified atom stereocenters. The number of aliphatic imine (C=N–C) groups is 1. The number of nitrogens with zero attached hydrogens (tertiary/aromatic N) is 2. The Bertz CT molecular complexity index is 908. The Labute approximate surface area is 155 Å². The molecular weight excluding hydrogens is 350 g/mol. The van der Waals surface area contributed by atoms with Crippen molar-refractivity contribution in [3.63, 3.8) is 0 Å². The number of hydrogen-bond donors (Lipinski definition) is 1. The molecule has 2 aromatic rings. The molecule has 1 N–H and O–H groups in total. The fraction of sp³-hybridized carbons (Fsp3) is 0.158. The first-order valence-electron chi connectivity index (χ1n) is 8.05. The number of amides is 4. The zero-order chi connectivity index (χ0) is 19.4. The van der Waals surface area contributed by atoms with E-state index in [0.29, 0.717) is 22.9 Å². The van der Waals surface area contributed by atoms with Gasteiger partial charge in [0.05, 0.1) is 19.9 Å². The zero-order valence-corrected chi connectivity index (χ0v) is 14.7. The van der Waals surface area contributed by atoms with Gasteiger partial charge in [-0.25, -0.2) is 9.69 Å². The molecular formula is C19H17N3O5. The van der Waals surface area contributed by atoms with E-state index in [1.165, 1.54) is 20.4 Å². The maximum atomic E-state index is 12.8. The van der Waals surface area contributed by atoms with Crippen molar-refractivity contribution in [2.75, 3.05) is 19.1 Å². The summed E-state index contributed by atoms with van der Waals surface area (Å²) in [6, 6.07) is 12.5. The van der Waals surface area contributed by atoms with Crippen LogP contribution >= 0.6 is 0 Å². The Balaban J connectivity index is 1.89. The lowest BCUT2D eigenvalue weighted by Crippen LogP contribution is -2.58. The van der Waals surface area contributed by atoms with Crippen LogP contribution < -0.4 is 19.7 Å². The molecule has 1 fully saturated rings. The zero-order valence-electron chi connectivity index (χ0n) is 14.7. The van der Waals surface area contributed by atoms with Crippen LogP contribution in [0.2, 0.25) is 0 Å². The number of barbiturate groups is 1. The average Bonchev–Trinajstić information content (AvgIpc) is 2.68. The third-order valence-electron chi connectivity index (χ3n) is 3.98. The lowest BCUT2D eigenvalue weighted by atomic mass is 10.1. The molecule has 1 aliphatic heterocycles. The van der Waals surface area contributed by atoms with Gasteiger partial charge >= 0.3 is 6.03 Å². The summed E-state index contributed by atoms with van der Waals surface area (Å²) in [7, 11) is 3.01. The minimum atomic E-state index is -1.24. The van der Waals surface area contributed by atoms with Crippen molar-refractivity contribution in [3.8, 4) is 11.5 Å². The van der Waals surface area contributed by atoms with Gasteiger partial charge in [-0.05, 0) is 36.4 Å². The van der Waals surface area contributed by atoms with Crippen molar-refractivity contribution in [3.05, 3.63) is 48.5 Å². The Morgan fingerprint density at radius 3 is 2.37 bits per heavy atom. The average molecular weight is 367 g/mol. The second-order valence-corrected chi connectivity index (χ2v) is 5.59. The number of imide groups is 2. The minimum absolute atomic E-state index is 0.321. The highest BCUT2D eigenvalue weighted by Crippen LogP contribution is 2.27. The predicted molar refractivity (Wildman–Crippen MR) is 98.7 cm³/mol. The number of methoxy groups -OCH3 is 2. The molecule has 1 saturated heterocycles. The molecule has 27 heavy (non-hydrogen) atoms. The molecule has 0 bridgehead atoms. The highest BCUT2D eigenvalue weighted by molar-refractivity contribution is 6.32. The van der Waals surface area contributed by atoms with Gasteiger partial charge in [0.25, 0.3) is 5.91 Å². The van der Waals surface area contributed by atoms with Crippen molar-refractivity contribution in [2.45, 2.75) is 0 Å². The first kappa shape index (κ1) is 18.1. The van der Waals surface area contributed by atoms with E-state index in [-0.39, 0.29) is 0 Å². The van der Waals surface area contributed by atoms with E-state index < -0.39 is 23.8 Å². The van der Waals surface area contributed by atoms with Crippen LogP contribution in [0, 0.1) is 5.92 Å². The largest absolute Gasteiger partial charge is 0.497 e. The molecule has 0 spiro atoms. The number of urea groups is 1. The van der Waals surface area contributed by atoms with Crippen LogP contribution in [0.3, 0.4) is 0 Å². The fourth-order valence-electron chi connectivity index (χ4n) is 2.59. The summed E-state index contributed by atoms with van der Waals surface area (Å²) < 4.78 is 10.3. The highest BCUT2D eigenvalue weighted by atomic mass is 16.5. The second kappa shape index (κ2) is 7.69. The third-order valence-corrected chi connectivity index (χ3v) is 3.98. The molecule has 0 saturated carbocycles. The summed E-state index contributed by atoms with van der Waals surface area (Å²) in [6.45, 7) is 0. The summed E-state index contributed by atoms with van der Waals surface area (Å²) in [4.78, 5) is 42.2. The predicted octanol–water partition coefficient (Wildman–Crippen LogP) is 2.31. The summed E-state index contributed by atoms with van der Waals surface area (Å²) >= 11 is 0. The van der Waals surface area contributed by atoms with Crippen LogP contribution in [-0.2, 0) is 9.59 Å². The molecule has 0 radical (unpaired) electrons. The monoisotopic (exact) mass is 367 g/mol. The number of benzene rings is 2. The van der Waals surface area contributed by atoms with Gasteiger partial charge in [-0.1, -0.05) is 12.1 Å². The Kier molecular flexibility index (Phi) is 5.16. The summed E-state index contributed by atoms with van der Waals surface area (Å²) in [5.41, 5.74) is 0.787. The first-order chi connectivity index (χ1) is 13.0. The molecule has 138 valence electrons. The molecule has 4 amide bonds. The number of anilines is 1. The molecule has 1 heterocycles. The van der Waals surface area contributed by atoms with Gasteiger partial charge in [0.1, 0.15) is 17.2 Å². The van der Waals surface area contributed by atoms with Gasteiger partial charge in [-0.3, -0.25) is 19.9 Å². The van der Waals surface area contributed by atoms with E-state index in [1.54, 1.807) is 48.5 Å². The molecule has 8 nitrogen and oxygen atoms in total. The quantitative estimate of drug-likeness (QED) is 0.646. The molecule has 0 aliphatic carbocycles. The van der Waals surface area contributed by atoms with E-state index in [9.17, 15) is 14.4 Å². The van der Waals surface area contributed by atoms with Gasteiger partial charge in [-0.15, -0.1) is 0 Å². The van der Waals surface area contributed by atoms with E-state index >= 15 is 0 Å². The molecule has 1 aliphatic rings. The van der Waals surface area contributed by atoms with Crippen molar-refractivity contribution < 1.29 is 23.9 Å². The van der Waals surface area contributed by atoms with Gasteiger partial charge in [-0.2, -0.15) is 0 Å². The van der Waals surface area contributed by atoms with Crippen molar-refractivity contribution in [1.29, 1.82) is 0 Å². The maximum Gasteiger partial charge on any atom is 0.335 e. The number of carbonyl (C=O) groups excluding carboxylic acids is 3. The van der Waals surface area contributed by atoms with Crippen LogP contribution in [0.25, 0.3) is 0 Å². The van der Waals surface area contributed by atoms with Crippen molar-refractivity contribution >= 4 is 35.4 Å². The molecule has 3 rings (SSSR count).